The van der Waals surface area contributed by atoms with Crippen LogP contribution in [-0.2, 0) is 22.7 Å². The van der Waals surface area contributed by atoms with Crippen molar-refractivity contribution in [3.8, 4) is 0 Å². The van der Waals surface area contributed by atoms with Crippen LogP contribution < -0.4 is 5.32 Å². The van der Waals surface area contributed by atoms with Crippen molar-refractivity contribution in [2.45, 2.75) is 40.8 Å². The SMILES string of the molecule is CCn1nc(C)c(NC(=O)C(=O)N(C)Cc2sccc2C)c1C. The van der Waals surface area contributed by atoms with Gasteiger partial charge in [0.15, 0.2) is 0 Å². The summed E-state index contributed by atoms with van der Waals surface area (Å²) in [6.45, 7) is 8.82. The van der Waals surface area contributed by atoms with E-state index in [9.17, 15) is 9.59 Å². The number of carbonyl (C=O) groups excluding carboxylic acids is 2. The van der Waals surface area contributed by atoms with E-state index in [0.29, 0.717) is 24.5 Å². The van der Waals surface area contributed by atoms with E-state index < -0.39 is 11.8 Å². The molecule has 2 aromatic rings. The summed E-state index contributed by atoms with van der Waals surface area (Å²) in [6.07, 6.45) is 0. The van der Waals surface area contributed by atoms with Gasteiger partial charge in [-0.25, -0.2) is 0 Å². The Hall–Kier alpha value is -2.15. The molecule has 0 saturated carbocycles. The molecule has 124 valence electrons. The summed E-state index contributed by atoms with van der Waals surface area (Å²) in [4.78, 5) is 27.0. The monoisotopic (exact) mass is 334 g/mol. The van der Waals surface area contributed by atoms with E-state index >= 15 is 0 Å². The number of anilines is 1. The Labute approximate surface area is 140 Å². The second kappa shape index (κ2) is 6.95. The molecule has 0 radical (unpaired) electrons. The van der Waals surface area contributed by atoms with Gasteiger partial charge in [-0.05, 0) is 44.7 Å². The standard InChI is InChI=1S/C16H22N4O2S/c1-6-20-12(4)14(11(3)18-20)17-15(21)16(22)19(5)9-13-10(2)7-8-23-13/h7-8H,6,9H2,1-5H3,(H,17,21). The fraction of sp³-hybridized carbons (Fsp3) is 0.438. The minimum Gasteiger partial charge on any atom is -0.332 e. The van der Waals surface area contributed by atoms with Gasteiger partial charge in [-0.15, -0.1) is 11.3 Å². The largest absolute Gasteiger partial charge is 0.332 e. The number of nitrogens with zero attached hydrogens (tertiary/aromatic N) is 3. The van der Waals surface area contributed by atoms with Crippen molar-refractivity contribution in [3.05, 3.63) is 33.3 Å². The van der Waals surface area contributed by atoms with Crippen LogP contribution in [0.25, 0.3) is 0 Å². The Morgan fingerprint density at radius 2 is 2.04 bits per heavy atom. The highest BCUT2D eigenvalue weighted by Gasteiger charge is 2.22. The molecule has 0 aromatic carbocycles. The Morgan fingerprint density at radius 1 is 1.35 bits per heavy atom. The molecule has 2 rings (SSSR count). The molecule has 0 aliphatic rings. The third-order valence-electron chi connectivity index (χ3n) is 3.81. The molecule has 0 aliphatic heterocycles. The summed E-state index contributed by atoms with van der Waals surface area (Å²) >= 11 is 1.58. The molecule has 7 heteroatoms. The molecular formula is C16H22N4O2S. The van der Waals surface area contributed by atoms with Crippen LogP contribution in [0.2, 0.25) is 0 Å². The number of hydrogen-bond donors (Lipinski definition) is 1. The van der Waals surface area contributed by atoms with Gasteiger partial charge in [-0.1, -0.05) is 0 Å². The number of carbonyl (C=O) groups is 2. The van der Waals surface area contributed by atoms with Crippen molar-refractivity contribution in [2.24, 2.45) is 0 Å². The van der Waals surface area contributed by atoms with Gasteiger partial charge in [-0.3, -0.25) is 14.3 Å². The summed E-state index contributed by atoms with van der Waals surface area (Å²) < 4.78 is 1.80. The van der Waals surface area contributed by atoms with Crippen LogP contribution in [0.1, 0.15) is 28.8 Å². The molecule has 0 spiro atoms. The predicted octanol–water partition coefficient (Wildman–Crippen LogP) is 2.49. The van der Waals surface area contributed by atoms with Crippen molar-refractivity contribution in [3.63, 3.8) is 0 Å². The molecular weight excluding hydrogens is 312 g/mol. The first-order valence-corrected chi connectivity index (χ1v) is 8.36. The summed E-state index contributed by atoms with van der Waals surface area (Å²) in [6, 6.07) is 2.00. The van der Waals surface area contributed by atoms with E-state index in [1.165, 1.54) is 4.90 Å². The molecule has 1 N–H and O–H groups in total. The maximum Gasteiger partial charge on any atom is 0.314 e. The van der Waals surface area contributed by atoms with E-state index in [4.69, 9.17) is 0 Å². The third-order valence-corrected chi connectivity index (χ3v) is 4.82. The van der Waals surface area contributed by atoms with Crippen molar-refractivity contribution in [1.82, 2.24) is 14.7 Å². The summed E-state index contributed by atoms with van der Waals surface area (Å²) in [5.41, 5.74) is 3.31. The summed E-state index contributed by atoms with van der Waals surface area (Å²) in [7, 11) is 1.64. The van der Waals surface area contributed by atoms with E-state index in [0.717, 1.165) is 16.1 Å². The van der Waals surface area contributed by atoms with Gasteiger partial charge >= 0.3 is 11.8 Å². The van der Waals surface area contributed by atoms with E-state index in [2.05, 4.69) is 10.4 Å². The third kappa shape index (κ3) is 3.61. The van der Waals surface area contributed by atoms with Crippen LogP contribution in [0.5, 0.6) is 0 Å². The lowest BCUT2D eigenvalue weighted by atomic mass is 10.2. The molecule has 0 fully saturated rings. The van der Waals surface area contributed by atoms with E-state index in [-0.39, 0.29) is 0 Å². The van der Waals surface area contributed by atoms with Gasteiger partial charge in [0.05, 0.1) is 23.6 Å². The van der Waals surface area contributed by atoms with Crippen LogP contribution in [0.4, 0.5) is 5.69 Å². The second-order valence-electron chi connectivity index (χ2n) is 5.50. The highest BCUT2D eigenvalue weighted by atomic mass is 32.1. The van der Waals surface area contributed by atoms with Crippen LogP contribution in [0, 0.1) is 20.8 Å². The minimum absolute atomic E-state index is 0.432. The van der Waals surface area contributed by atoms with Gasteiger partial charge in [0, 0.05) is 18.5 Å². The number of amides is 2. The number of likely N-dealkylation sites (N-methyl/N-ethyl adjacent to an activating group) is 1. The fourth-order valence-electron chi connectivity index (χ4n) is 2.38. The molecule has 0 unspecified atom stereocenters. The molecule has 2 aromatic heterocycles. The van der Waals surface area contributed by atoms with E-state index in [1.54, 1.807) is 23.1 Å². The summed E-state index contributed by atoms with van der Waals surface area (Å²) in [5, 5.41) is 9.02. The van der Waals surface area contributed by atoms with Crippen molar-refractivity contribution in [2.75, 3.05) is 12.4 Å². The maximum absolute atomic E-state index is 12.3. The Kier molecular flexibility index (Phi) is 5.20. The zero-order chi connectivity index (χ0) is 17.1. The first-order chi connectivity index (χ1) is 10.8. The second-order valence-corrected chi connectivity index (χ2v) is 6.50. The van der Waals surface area contributed by atoms with Crippen LogP contribution >= 0.6 is 11.3 Å². The quantitative estimate of drug-likeness (QED) is 0.874. The van der Waals surface area contributed by atoms with Gasteiger partial charge in [-0.2, -0.15) is 5.10 Å². The fourth-order valence-corrected chi connectivity index (χ4v) is 3.34. The predicted molar refractivity (Wildman–Crippen MR) is 91.5 cm³/mol. The lowest BCUT2D eigenvalue weighted by Crippen LogP contribution is -2.36. The van der Waals surface area contributed by atoms with E-state index in [1.807, 2.05) is 39.1 Å². The molecule has 0 atom stereocenters. The van der Waals surface area contributed by atoms with Gasteiger partial charge in [0.1, 0.15) is 0 Å². The maximum atomic E-state index is 12.3. The number of aromatic nitrogens is 2. The van der Waals surface area contributed by atoms with Gasteiger partial charge < -0.3 is 10.2 Å². The first-order valence-electron chi connectivity index (χ1n) is 7.48. The van der Waals surface area contributed by atoms with Crippen LogP contribution in [0.3, 0.4) is 0 Å². The number of rotatable bonds is 4. The lowest BCUT2D eigenvalue weighted by molar-refractivity contribution is -0.142. The molecule has 6 nitrogen and oxygen atoms in total. The Bertz CT molecular complexity index is 733. The number of aryl methyl sites for hydroxylation is 3. The Morgan fingerprint density at radius 3 is 2.57 bits per heavy atom. The van der Waals surface area contributed by atoms with Gasteiger partial charge in [0.25, 0.3) is 0 Å². The van der Waals surface area contributed by atoms with Crippen molar-refractivity contribution in [1.29, 1.82) is 0 Å². The molecule has 0 bridgehead atoms. The highest BCUT2D eigenvalue weighted by Crippen LogP contribution is 2.20. The molecule has 2 amide bonds. The average molecular weight is 334 g/mol. The average Bonchev–Trinajstić information content (AvgIpc) is 3.04. The molecule has 2 heterocycles. The topological polar surface area (TPSA) is 67.2 Å². The molecule has 0 saturated heterocycles. The van der Waals surface area contributed by atoms with Gasteiger partial charge in [0.2, 0.25) is 0 Å². The van der Waals surface area contributed by atoms with Crippen molar-refractivity contribution >= 4 is 28.8 Å². The smallest absolute Gasteiger partial charge is 0.314 e. The summed E-state index contributed by atoms with van der Waals surface area (Å²) in [5.74, 6) is -1.19. The first kappa shape index (κ1) is 17.2. The number of thiophene rings is 1. The zero-order valence-corrected chi connectivity index (χ0v) is 15.0. The highest BCUT2D eigenvalue weighted by molar-refractivity contribution is 7.10. The Balaban J connectivity index is 2.07. The van der Waals surface area contributed by atoms with Crippen LogP contribution in [-0.4, -0.2) is 33.5 Å². The number of hydrogen-bond acceptors (Lipinski definition) is 4. The molecule has 23 heavy (non-hydrogen) atoms. The lowest BCUT2D eigenvalue weighted by Gasteiger charge is -2.16. The normalized spacial score (nSPS) is 10.7. The van der Waals surface area contributed by atoms with Crippen molar-refractivity contribution < 1.29 is 9.59 Å². The minimum atomic E-state index is -0.636. The zero-order valence-electron chi connectivity index (χ0n) is 14.1. The number of nitrogens with one attached hydrogen (secondary N) is 1. The van der Waals surface area contributed by atoms with Crippen LogP contribution in [0.15, 0.2) is 11.4 Å². The molecule has 0 aliphatic carbocycles.